The normalized spacial score (nSPS) is 12.8. The van der Waals surface area contributed by atoms with Gasteiger partial charge in [0.05, 0.1) is 6.10 Å². The molecule has 1 rings (SSSR count). The summed E-state index contributed by atoms with van der Waals surface area (Å²) in [6.07, 6.45) is 4.85. The Balaban J connectivity index is 2.72. The third-order valence-electron chi connectivity index (χ3n) is 2.33. The summed E-state index contributed by atoms with van der Waals surface area (Å²) in [4.78, 5) is 1.19. The fraction of sp³-hybridized carbons (Fsp3) is 0.500. The monoisotopic (exact) mass is 210 g/mol. The minimum absolute atomic E-state index is 0.293. The van der Waals surface area contributed by atoms with Crippen LogP contribution in [-0.4, -0.2) is 11.4 Å². The summed E-state index contributed by atoms with van der Waals surface area (Å²) in [5, 5.41) is 9.95. The Morgan fingerprint density at radius 1 is 1.36 bits per heavy atom. The van der Waals surface area contributed by atoms with E-state index >= 15 is 0 Å². The highest BCUT2D eigenvalue weighted by Gasteiger charge is 2.10. The van der Waals surface area contributed by atoms with Crippen molar-refractivity contribution in [2.45, 2.75) is 37.2 Å². The summed E-state index contributed by atoms with van der Waals surface area (Å²) in [6.45, 7) is 2.15. The summed E-state index contributed by atoms with van der Waals surface area (Å²) in [5.74, 6) is 0. The van der Waals surface area contributed by atoms with Crippen molar-refractivity contribution < 1.29 is 5.11 Å². The van der Waals surface area contributed by atoms with Gasteiger partial charge in [-0.05, 0) is 24.3 Å². The van der Waals surface area contributed by atoms with Gasteiger partial charge in [-0.2, -0.15) is 0 Å². The van der Waals surface area contributed by atoms with E-state index in [1.165, 1.54) is 4.90 Å². The minimum atomic E-state index is -0.293. The molecule has 0 saturated heterocycles. The summed E-state index contributed by atoms with van der Waals surface area (Å²) in [5.41, 5.74) is 1.08. The van der Waals surface area contributed by atoms with Crippen molar-refractivity contribution in [1.82, 2.24) is 0 Å². The number of thioether (sulfide) groups is 1. The van der Waals surface area contributed by atoms with Gasteiger partial charge in [0.2, 0.25) is 0 Å². The van der Waals surface area contributed by atoms with Crippen molar-refractivity contribution >= 4 is 11.8 Å². The molecule has 1 unspecified atom stereocenters. The molecule has 0 aliphatic rings. The molecule has 0 amide bonds. The topological polar surface area (TPSA) is 20.2 Å². The lowest BCUT2D eigenvalue weighted by molar-refractivity contribution is 0.161. The third kappa shape index (κ3) is 3.03. The number of aliphatic hydroxyl groups excluding tert-OH is 1. The molecular formula is C12H18OS. The van der Waals surface area contributed by atoms with Gasteiger partial charge in [-0.1, -0.05) is 38.0 Å². The number of aliphatic hydroxyl groups is 1. The summed E-state index contributed by atoms with van der Waals surface area (Å²) < 4.78 is 0. The smallest absolute Gasteiger partial charge is 0.0800 e. The van der Waals surface area contributed by atoms with Crippen molar-refractivity contribution in [1.29, 1.82) is 0 Å². The largest absolute Gasteiger partial charge is 0.388 e. The Labute approximate surface area is 90.5 Å². The molecule has 1 aromatic rings. The maximum atomic E-state index is 9.95. The quantitative estimate of drug-likeness (QED) is 0.749. The maximum absolute atomic E-state index is 9.95. The average Bonchev–Trinajstić information content (AvgIpc) is 2.25. The molecule has 2 heteroatoms. The molecule has 0 fully saturated rings. The van der Waals surface area contributed by atoms with Gasteiger partial charge >= 0.3 is 0 Å². The molecular weight excluding hydrogens is 192 g/mol. The standard InChI is InChI=1S/C12H18OS/c1-3-4-8-11(13)10-7-5-6-9-12(10)14-2/h5-7,9,11,13H,3-4,8H2,1-2H3. The molecule has 1 aromatic carbocycles. The van der Waals surface area contributed by atoms with Crippen LogP contribution >= 0.6 is 11.8 Å². The predicted octanol–water partition coefficient (Wildman–Crippen LogP) is 3.63. The number of benzene rings is 1. The molecule has 0 bridgehead atoms. The van der Waals surface area contributed by atoms with Crippen molar-refractivity contribution in [2.24, 2.45) is 0 Å². The first-order valence-electron chi connectivity index (χ1n) is 5.10. The first-order valence-corrected chi connectivity index (χ1v) is 6.33. The van der Waals surface area contributed by atoms with Gasteiger partial charge in [-0.3, -0.25) is 0 Å². The highest BCUT2D eigenvalue weighted by atomic mass is 32.2. The van der Waals surface area contributed by atoms with Gasteiger partial charge in [-0.15, -0.1) is 11.8 Å². The molecule has 1 N–H and O–H groups in total. The van der Waals surface area contributed by atoms with Crippen LogP contribution in [0.5, 0.6) is 0 Å². The number of hydrogen-bond acceptors (Lipinski definition) is 2. The lowest BCUT2D eigenvalue weighted by atomic mass is 10.0. The third-order valence-corrected chi connectivity index (χ3v) is 3.14. The van der Waals surface area contributed by atoms with Crippen molar-refractivity contribution in [3.05, 3.63) is 29.8 Å². The molecule has 14 heavy (non-hydrogen) atoms. The lowest BCUT2D eigenvalue weighted by Gasteiger charge is -2.13. The second-order valence-corrected chi connectivity index (χ2v) is 4.25. The van der Waals surface area contributed by atoms with Crippen LogP contribution < -0.4 is 0 Å². The highest BCUT2D eigenvalue weighted by molar-refractivity contribution is 7.98. The fourth-order valence-electron chi connectivity index (χ4n) is 1.49. The minimum Gasteiger partial charge on any atom is -0.388 e. The summed E-state index contributed by atoms with van der Waals surface area (Å²) >= 11 is 1.70. The van der Waals surface area contributed by atoms with E-state index in [0.29, 0.717) is 0 Å². The molecule has 1 nitrogen and oxygen atoms in total. The number of hydrogen-bond donors (Lipinski definition) is 1. The van der Waals surface area contributed by atoms with E-state index in [0.717, 1.165) is 24.8 Å². The van der Waals surface area contributed by atoms with Gasteiger partial charge in [0.25, 0.3) is 0 Å². The molecule has 0 aromatic heterocycles. The van der Waals surface area contributed by atoms with Crippen LogP contribution in [0.4, 0.5) is 0 Å². The van der Waals surface area contributed by atoms with Crippen molar-refractivity contribution in [3.63, 3.8) is 0 Å². The molecule has 0 aliphatic carbocycles. The van der Waals surface area contributed by atoms with Crippen LogP contribution in [0, 0.1) is 0 Å². The number of unbranched alkanes of at least 4 members (excludes halogenated alkanes) is 1. The van der Waals surface area contributed by atoms with Gasteiger partial charge in [0.1, 0.15) is 0 Å². The molecule has 78 valence electrons. The van der Waals surface area contributed by atoms with Crippen LogP contribution in [0.2, 0.25) is 0 Å². The fourth-order valence-corrected chi connectivity index (χ4v) is 2.15. The predicted molar refractivity (Wildman–Crippen MR) is 62.7 cm³/mol. The number of rotatable bonds is 5. The van der Waals surface area contributed by atoms with Crippen LogP contribution in [0.25, 0.3) is 0 Å². The van der Waals surface area contributed by atoms with Crippen LogP contribution in [0.3, 0.4) is 0 Å². The van der Waals surface area contributed by atoms with Gasteiger partial charge in [0, 0.05) is 4.90 Å². The van der Waals surface area contributed by atoms with E-state index in [2.05, 4.69) is 13.0 Å². The Hall–Kier alpha value is -0.470. The van der Waals surface area contributed by atoms with Crippen molar-refractivity contribution in [2.75, 3.05) is 6.26 Å². The SMILES string of the molecule is CCCCC(O)c1ccccc1SC. The van der Waals surface area contributed by atoms with Gasteiger partial charge in [0.15, 0.2) is 0 Å². The molecule has 0 spiro atoms. The van der Waals surface area contributed by atoms with E-state index in [-0.39, 0.29) is 6.10 Å². The van der Waals surface area contributed by atoms with Crippen LogP contribution in [0.15, 0.2) is 29.2 Å². The second kappa shape index (κ2) is 6.10. The Kier molecular flexibility index (Phi) is 5.05. The molecule has 0 aliphatic heterocycles. The molecule has 1 atom stereocenters. The summed E-state index contributed by atoms with van der Waals surface area (Å²) in [6, 6.07) is 8.09. The Morgan fingerprint density at radius 2 is 2.07 bits per heavy atom. The molecule has 0 saturated carbocycles. The van der Waals surface area contributed by atoms with E-state index < -0.39 is 0 Å². The van der Waals surface area contributed by atoms with E-state index in [4.69, 9.17) is 0 Å². The first-order chi connectivity index (χ1) is 6.79. The Morgan fingerprint density at radius 3 is 2.71 bits per heavy atom. The molecule has 0 heterocycles. The van der Waals surface area contributed by atoms with E-state index in [9.17, 15) is 5.11 Å². The second-order valence-electron chi connectivity index (χ2n) is 3.40. The highest BCUT2D eigenvalue weighted by Crippen LogP contribution is 2.28. The van der Waals surface area contributed by atoms with Gasteiger partial charge in [-0.25, -0.2) is 0 Å². The van der Waals surface area contributed by atoms with Crippen LogP contribution in [0.1, 0.15) is 37.9 Å². The maximum Gasteiger partial charge on any atom is 0.0800 e. The zero-order valence-corrected chi connectivity index (χ0v) is 9.68. The van der Waals surface area contributed by atoms with E-state index in [1.807, 2.05) is 24.5 Å². The average molecular weight is 210 g/mol. The lowest BCUT2D eigenvalue weighted by Crippen LogP contribution is -1.98. The molecule has 0 radical (unpaired) electrons. The van der Waals surface area contributed by atoms with Crippen molar-refractivity contribution in [3.8, 4) is 0 Å². The van der Waals surface area contributed by atoms with Gasteiger partial charge < -0.3 is 5.11 Å². The van der Waals surface area contributed by atoms with E-state index in [1.54, 1.807) is 11.8 Å². The summed E-state index contributed by atoms with van der Waals surface area (Å²) in [7, 11) is 0. The first kappa shape index (κ1) is 11.6. The zero-order chi connectivity index (χ0) is 10.4. The van der Waals surface area contributed by atoms with Crippen LogP contribution in [-0.2, 0) is 0 Å². The zero-order valence-electron chi connectivity index (χ0n) is 8.86. The Bertz CT molecular complexity index is 273.